The first kappa shape index (κ1) is 12.7. The molecule has 0 aliphatic heterocycles. The summed E-state index contributed by atoms with van der Waals surface area (Å²) in [6.07, 6.45) is 2.64. The fraction of sp³-hybridized carbons (Fsp3) is 0.500. The molecule has 0 saturated heterocycles. The van der Waals surface area contributed by atoms with E-state index in [0.717, 1.165) is 24.1 Å². The van der Waals surface area contributed by atoms with Crippen molar-refractivity contribution in [2.45, 2.75) is 33.7 Å². The van der Waals surface area contributed by atoms with E-state index in [1.807, 2.05) is 16.7 Å². The molecule has 1 amide bonds. The molecule has 0 aliphatic carbocycles. The van der Waals surface area contributed by atoms with Crippen LogP contribution in [0, 0.1) is 5.92 Å². The van der Waals surface area contributed by atoms with Gasteiger partial charge in [-0.25, -0.2) is 0 Å². The van der Waals surface area contributed by atoms with E-state index in [0.29, 0.717) is 18.2 Å². The van der Waals surface area contributed by atoms with Gasteiger partial charge in [-0.3, -0.25) is 4.79 Å². The topological polar surface area (TPSA) is 47.2 Å². The lowest BCUT2D eigenvalue weighted by molar-refractivity contribution is 0.0940. The van der Waals surface area contributed by atoms with Crippen LogP contribution in [0.3, 0.4) is 0 Å². The average Bonchev–Trinajstić information content (AvgIpc) is 2.89. The number of hydrogen-bond acceptors (Lipinski definition) is 2. The third-order valence-electron chi connectivity index (χ3n) is 2.87. The van der Waals surface area contributed by atoms with Crippen LogP contribution in [-0.4, -0.2) is 17.0 Å². The standard InChI is InChI=1S/C14H20N2O2/c1-4-6-16-11-5-7-18-13(11)8-12(16)14(17)15-9-10(2)3/h5,7-8,10H,4,6,9H2,1-3H3,(H,15,17). The van der Waals surface area contributed by atoms with Crippen LogP contribution in [0.15, 0.2) is 22.8 Å². The summed E-state index contributed by atoms with van der Waals surface area (Å²) >= 11 is 0. The number of carbonyl (C=O) groups excluding carboxylic acids is 1. The Morgan fingerprint density at radius 1 is 1.50 bits per heavy atom. The van der Waals surface area contributed by atoms with Crippen LogP contribution in [0.5, 0.6) is 0 Å². The van der Waals surface area contributed by atoms with Crippen LogP contribution in [0.25, 0.3) is 11.1 Å². The minimum absolute atomic E-state index is 0.0245. The quantitative estimate of drug-likeness (QED) is 0.884. The molecule has 0 atom stereocenters. The van der Waals surface area contributed by atoms with Gasteiger partial charge < -0.3 is 14.3 Å². The van der Waals surface area contributed by atoms with Crippen molar-refractivity contribution >= 4 is 17.0 Å². The number of rotatable bonds is 5. The Bertz CT molecular complexity index is 537. The highest BCUT2D eigenvalue weighted by molar-refractivity contribution is 5.97. The van der Waals surface area contributed by atoms with E-state index in [9.17, 15) is 4.79 Å². The van der Waals surface area contributed by atoms with Crippen molar-refractivity contribution in [2.75, 3.05) is 6.54 Å². The van der Waals surface area contributed by atoms with Gasteiger partial charge in [0.1, 0.15) is 5.69 Å². The second-order valence-corrected chi connectivity index (χ2v) is 4.96. The summed E-state index contributed by atoms with van der Waals surface area (Å²) in [7, 11) is 0. The SMILES string of the molecule is CCCn1c(C(=O)NCC(C)C)cc2occc21. The minimum atomic E-state index is -0.0245. The molecule has 0 fully saturated rings. The smallest absolute Gasteiger partial charge is 0.268 e. The first-order valence-corrected chi connectivity index (χ1v) is 6.48. The summed E-state index contributed by atoms with van der Waals surface area (Å²) in [5, 5.41) is 2.95. The van der Waals surface area contributed by atoms with Crippen LogP contribution in [0.2, 0.25) is 0 Å². The van der Waals surface area contributed by atoms with Crippen molar-refractivity contribution in [1.82, 2.24) is 9.88 Å². The molecule has 0 aliphatic rings. The molecule has 98 valence electrons. The Labute approximate surface area is 107 Å². The number of amides is 1. The van der Waals surface area contributed by atoms with Gasteiger partial charge in [-0.05, 0) is 12.3 Å². The number of nitrogens with zero attached hydrogens (tertiary/aromatic N) is 1. The van der Waals surface area contributed by atoms with Crippen LogP contribution < -0.4 is 5.32 Å². The number of aromatic nitrogens is 1. The largest absolute Gasteiger partial charge is 0.463 e. The lowest BCUT2D eigenvalue weighted by Gasteiger charge is -2.10. The van der Waals surface area contributed by atoms with Gasteiger partial charge in [0, 0.05) is 25.2 Å². The van der Waals surface area contributed by atoms with E-state index in [1.54, 1.807) is 6.26 Å². The third-order valence-corrected chi connectivity index (χ3v) is 2.87. The molecule has 2 heterocycles. The van der Waals surface area contributed by atoms with Gasteiger partial charge in [-0.2, -0.15) is 0 Å². The molecular formula is C14H20N2O2. The predicted octanol–water partition coefficient (Wildman–Crippen LogP) is 3.03. The maximum Gasteiger partial charge on any atom is 0.268 e. The first-order chi connectivity index (χ1) is 8.63. The van der Waals surface area contributed by atoms with Gasteiger partial charge in [-0.15, -0.1) is 0 Å². The normalized spacial score (nSPS) is 11.3. The lowest BCUT2D eigenvalue weighted by Crippen LogP contribution is -2.29. The highest BCUT2D eigenvalue weighted by atomic mass is 16.3. The van der Waals surface area contributed by atoms with Crippen molar-refractivity contribution in [1.29, 1.82) is 0 Å². The highest BCUT2D eigenvalue weighted by Gasteiger charge is 2.16. The number of hydrogen-bond donors (Lipinski definition) is 1. The Morgan fingerprint density at radius 2 is 2.28 bits per heavy atom. The molecule has 18 heavy (non-hydrogen) atoms. The maximum absolute atomic E-state index is 12.1. The summed E-state index contributed by atoms with van der Waals surface area (Å²) in [5.41, 5.74) is 2.46. The monoisotopic (exact) mass is 248 g/mol. The van der Waals surface area contributed by atoms with Gasteiger partial charge in [0.2, 0.25) is 0 Å². The minimum Gasteiger partial charge on any atom is -0.463 e. The Balaban J connectivity index is 2.28. The summed E-state index contributed by atoms with van der Waals surface area (Å²) in [6.45, 7) is 7.78. The summed E-state index contributed by atoms with van der Waals surface area (Å²) in [5.74, 6) is 0.426. The number of carbonyl (C=O) groups is 1. The van der Waals surface area contributed by atoms with Gasteiger partial charge in [0.05, 0.1) is 11.8 Å². The average molecular weight is 248 g/mol. The van der Waals surface area contributed by atoms with Crippen LogP contribution >= 0.6 is 0 Å². The van der Waals surface area contributed by atoms with Crippen molar-refractivity contribution in [3.05, 3.63) is 24.1 Å². The predicted molar refractivity (Wildman–Crippen MR) is 71.7 cm³/mol. The zero-order valence-corrected chi connectivity index (χ0v) is 11.2. The van der Waals surface area contributed by atoms with Gasteiger partial charge in [-0.1, -0.05) is 20.8 Å². The van der Waals surface area contributed by atoms with Crippen LogP contribution in [0.4, 0.5) is 0 Å². The zero-order valence-electron chi connectivity index (χ0n) is 11.2. The van der Waals surface area contributed by atoms with Gasteiger partial charge in [0.15, 0.2) is 5.58 Å². The van der Waals surface area contributed by atoms with Crippen molar-refractivity contribution in [3.8, 4) is 0 Å². The molecule has 0 saturated carbocycles. The highest BCUT2D eigenvalue weighted by Crippen LogP contribution is 2.21. The molecule has 0 spiro atoms. The number of fused-ring (bicyclic) bond motifs is 1. The maximum atomic E-state index is 12.1. The number of aryl methyl sites for hydroxylation is 1. The van der Waals surface area contributed by atoms with E-state index < -0.39 is 0 Å². The Hall–Kier alpha value is -1.71. The molecular weight excluding hydrogens is 228 g/mol. The molecule has 0 aromatic carbocycles. The fourth-order valence-electron chi connectivity index (χ4n) is 2.02. The fourth-order valence-corrected chi connectivity index (χ4v) is 2.02. The molecule has 0 bridgehead atoms. The lowest BCUT2D eigenvalue weighted by atomic mass is 10.2. The van der Waals surface area contributed by atoms with Crippen molar-refractivity contribution < 1.29 is 9.21 Å². The van der Waals surface area contributed by atoms with E-state index in [4.69, 9.17) is 4.42 Å². The van der Waals surface area contributed by atoms with Gasteiger partial charge >= 0.3 is 0 Å². The first-order valence-electron chi connectivity index (χ1n) is 6.48. The van der Waals surface area contributed by atoms with Crippen LogP contribution in [-0.2, 0) is 6.54 Å². The van der Waals surface area contributed by atoms with E-state index in [2.05, 4.69) is 26.1 Å². The van der Waals surface area contributed by atoms with Crippen molar-refractivity contribution in [2.24, 2.45) is 5.92 Å². The molecule has 2 rings (SSSR count). The molecule has 0 radical (unpaired) electrons. The molecule has 4 heteroatoms. The zero-order chi connectivity index (χ0) is 13.1. The summed E-state index contributed by atoms with van der Waals surface area (Å²) < 4.78 is 7.38. The van der Waals surface area contributed by atoms with Gasteiger partial charge in [0.25, 0.3) is 5.91 Å². The molecule has 1 N–H and O–H groups in total. The number of nitrogens with one attached hydrogen (secondary N) is 1. The third kappa shape index (κ3) is 2.42. The van der Waals surface area contributed by atoms with E-state index in [1.165, 1.54) is 0 Å². The second-order valence-electron chi connectivity index (χ2n) is 4.96. The molecule has 2 aromatic heterocycles. The Kier molecular flexibility index (Phi) is 3.75. The van der Waals surface area contributed by atoms with E-state index >= 15 is 0 Å². The molecule has 4 nitrogen and oxygen atoms in total. The molecule has 2 aromatic rings. The van der Waals surface area contributed by atoms with Crippen molar-refractivity contribution in [3.63, 3.8) is 0 Å². The van der Waals surface area contributed by atoms with Crippen LogP contribution in [0.1, 0.15) is 37.7 Å². The second kappa shape index (κ2) is 5.29. The Morgan fingerprint density at radius 3 is 2.94 bits per heavy atom. The molecule has 0 unspecified atom stereocenters. The van der Waals surface area contributed by atoms with E-state index in [-0.39, 0.29) is 5.91 Å². The number of furan rings is 1. The summed E-state index contributed by atoms with van der Waals surface area (Å²) in [4.78, 5) is 12.1. The summed E-state index contributed by atoms with van der Waals surface area (Å²) in [6, 6.07) is 3.73.